The third-order valence-corrected chi connectivity index (χ3v) is 9.62. The minimum atomic E-state index is -0.166. The van der Waals surface area contributed by atoms with Gasteiger partial charge in [0.25, 0.3) is 0 Å². The van der Waals surface area contributed by atoms with Crippen LogP contribution in [0.25, 0.3) is 0 Å². The molecule has 0 bridgehead atoms. The highest BCUT2D eigenvalue weighted by molar-refractivity contribution is 5.69. The van der Waals surface area contributed by atoms with E-state index >= 15 is 0 Å². The maximum Gasteiger partial charge on any atom is 0.306 e. The minimum Gasteiger partial charge on any atom is -0.494 e. The molecule has 5 heteroatoms. The second kappa shape index (κ2) is 38.5. The van der Waals surface area contributed by atoms with Gasteiger partial charge in [0, 0.05) is 12.0 Å². The van der Waals surface area contributed by atoms with Gasteiger partial charge in [-0.3, -0.25) is 4.79 Å². The van der Waals surface area contributed by atoms with E-state index in [4.69, 9.17) is 14.2 Å². The molecule has 308 valence electrons. The molecular formula is C49H83NO4. The third-order valence-electron chi connectivity index (χ3n) is 9.62. The highest BCUT2D eigenvalue weighted by Gasteiger charge is 2.11. The first kappa shape index (κ1) is 49.2. The molecule has 0 atom stereocenters. The summed E-state index contributed by atoms with van der Waals surface area (Å²) in [6.07, 6.45) is 49.3. The number of rotatable bonds is 38. The van der Waals surface area contributed by atoms with Gasteiger partial charge in [-0.25, -0.2) is 0 Å². The maximum absolute atomic E-state index is 12.4. The molecule has 0 aliphatic heterocycles. The molecule has 0 spiro atoms. The Morgan fingerprint density at radius 3 is 1.52 bits per heavy atom. The van der Waals surface area contributed by atoms with Crippen molar-refractivity contribution in [2.45, 2.75) is 187 Å². The molecular weight excluding hydrogens is 667 g/mol. The van der Waals surface area contributed by atoms with Gasteiger partial charge >= 0.3 is 5.97 Å². The molecule has 5 nitrogen and oxygen atoms in total. The van der Waals surface area contributed by atoms with Crippen molar-refractivity contribution in [3.8, 4) is 11.5 Å². The molecule has 54 heavy (non-hydrogen) atoms. The topological polar surface area (TPSA) is 48.0 Å². The molecule has 0 radical (unpaired) electrons. The predicted octanol–water partition coefficient (Wildman–Crippen LogP) is 14.5. The van der Waals surface area contributed by atoms with E-state index in [9.17, 15) is 4.79 Å². The summed E-state index contributed by atoms with van der Waals surface area (Å²) in [5.41, 5.74) is 0.880. The highest BCUT2D eigenvalue weighted by atomic mass is 16.5. The van der Waals surface area contributed by atoms with Crippen LogP contribution in [0.15, 0.2) is 66.8 Å². The number of ether oxygens (including phenoxy) is 3. The van der Waals surface area contributed by atoms with E-state index in [-0.39, 0.29) is 12.6 Å². The second-order valence-electron chi connectivity index (χ2n) is 15.2. The number of carbonyl (C=O) groups is 1. The van der Waals surface area contributed by atoms with Gasteiger partial charge in [-0.15, -0.1) is 0 Å². The van der Waals surface area contributed by atoms with Crippen molar-refractivity contribution >= 4 is 5.97 Å². The number of carbonyl (C=O) groups excluding carboxylic acids is 1. The lowest BCUT2D eigenvalue weighted by atomic mass is 10.1. The number of benzene rings is 1. The molecule has 1 rings (SSSR count). The van der Waals surface area contributed by atoms with Crippen LogP contribution in [-0.4, -0.2) is 44.7 Å². The largest absolute Gasteiger partial charge is 0.494 e. The molecule has 0 fully saturated rings. The molecule has 0 aliphatic rings. The van der Waals surface area contributed by atoms with E-state index < -0.39 is 0 Å². The summed E-state index contributed by atoms with van der Waals surface area (Å²) in [4.78, 5) is 14.5. The fraction of sp³-hybridized carbons (Fsp3) is 0.694. The van der Waals surface area contributed by atoms with Crippen molar-refractivity contribution in [1.82, 2.24) is 4.90 Å². The standard InChI is InChI=1S/C49H83NO4/c1-5-7-9-11-13-15-17-19-21-23-25-27-29-31-33-35-42-52-47-39-40-48(46(44-47)45-54-49(51)38-37-41-50(3)4)53-43-36-34-32-30-28-26-24-22-20-18-16-14-12-10-8-6-2/h13-16,19-22,39-40,44H,5-12,17-18,23-38,41-43,45H2,1-4H3. The summed E-state index contributed by atoms with van der Waals surface area (Å²) < 4.78 is 18.0. The Balaban J connectivity index is 2.31. The summed E-state index contributed by atoms with van der Waals surface area (Å²) in [5, 5.41) is 0. The van der Waals surface area contributed by atoms with Gasteiger partial charge in [0.15, 0.2) is 0 Å². The lowest BCUT2D eigenvalue weighted by Crippen LogP contribution is -2.15. The smallest absolute Gasteiger partial charge is 0.306 e. The van der Waals surface area contributed by atoms with E-state index in [1.54, 1.807) is 0 Å². The van der Waals surface area contributed by atoms with Crippen molar-refractivity contribution in [1.29, 1.82) is 0 Å². The molecule has 1 aromatic rings. The Labute approximate surface area is 334 Å². The highest BCUT2D eigenvalue weighted by Crippen LogP contribution is 2.26. The molecule has 0 saturated carbocycles. The van der Waals surface area contributed by atoms with Crippen molar-refractivity contribution in [3.05, 3.63) is 72.4 Å². The number of hydrogen-bond acceptors (Lipinski definition) is 5. The Morgan fingerprint density at radius 1 is 0.556 bits per heavy atom. The van der Waals surface area contributed by atoms with Gasteiger partial charge in [-0.05, 0) is 122 Å². The zero-order valence-corrected chi connectivity index (χ0v) is 35.6. The summed E-state index contributed by atoms with van der Waals surface area (Å²) in [6.45, 7) is 6.96. The zero-order chi connectivity index (χ0) is 39.0. The molecule has 0 aliphatic carbocycles. The molecule has 0 N–H and O–H groups in total. The summed E-state index contributed by atoms with van der Waals surface area (Å²) >= 11 is 0. The first-order valence-electron chi connectivity index (χ1n) is 22.4. The lowest BCUT2D eigenvalue weighted by molar-refractivity contribution is -0.145. The Morgan fingerprint density at radius 2 is 1.02 bits per heavy atom. The van der Waals surface area contributed by atoms with Crippen LogP contribution < -0.4 is 9.47 Å². The average Bonchev–Trinajstić information content (AvgIpc) is 3.16. The van der Waals surface area contributed by atoms with Crippen molar-refractivity contribution in [2.24, 2.45) is 0 Å². The Bertz CT molecular complexity index is 1100. The van der Waals surface area contributed by atoms with Crippen LogP contribution in [-0.2, 0) is 16.1 Å². The van der Waals surface area contributed by atoms with Crippen molar-refractivity contribution in [3.63, 3.8) is 0 Å². The number of unbranched alkanes of at least 4 members (excludes halogenated alkanes) is 18. The fourth-order valence-electron chi connectivity index (χ4n) is 6.22. The van der Waals surface area contributed by atoms with Crippen LogP contribution in [0.3, 0.4) is 0 Å². The second-order valence-corrected chi connectivity index (χ2v) is 15.2. The van der Waals surface area contributed by atoms with Gasteiger partial charge in [0.1, 0.15) is 18.1 Å². The van der Waals surface area contributed by atoms with Gasteiger partial charge in [-0.2, -0.15) is 0 Å². The molecule has 0 aromatic heterocycles. The van der Waals surface area contributed by atoms with E-state index in [2.05, 4.69) is 67.4 Å². The number of hydrogen-bond donors (Lipinski definition) is 0. The van der Waals surface area contributed by atoms with Gasteiger partial charge in [0.05, 0.1) is 13.2 Å². The van der Waals surface area contributed by atoms with Gasteiger partial charge < -0.3 is 19.1 Å². The normalized spacial score (nSPS) is 12.0. The number of nitrogens with zero attached hydrogens (tertiary/aromatic N) is 1. The summed E-state index contributed by atoms with van der Waals surface area (Å²) in [6, 6.07) is 5.97. The maximum atomic E-state index is 12.4. The quantitative estimate of drug-likeness (QED) is 0.0383. The summed E-state index contributed by atoms with van der Waals surface area (Å²) in [7, 11) is 4.04. The molecule has 0 heterocycles. The van der Waals surface area contributed by atoms with Crippen LogP contribution >= 0.6 is 0 Å². The number of allylic oxidation sites excluding steroid dienone is 8. The minimum absolute atomic E-state index is 0.166. The Kier molecular flexibility index (Phi) is 35.1. The molecule has 0 saturated heterocycles. The summed E-state index contributed by atoms with van der Waals surface area (Å²) in [5.74, 6) is 1.44. The third kappa shape index (κ3) is 32.6. The van der Waals surface area contributed by atoms with E-state index in [1.807, 2.05) is 32.3 Å². The first-order chi connectivity index (χ1) is 26.6. The fourth-order valence-corrected chi connectivity index (χ4v) is 6.22. The van der Waals surface area contributed by atoms with Crippen LogP contribution in [0, 0.1) is 0 Å². The van der Waals surface area contributed by atoms with E-state index in [0.29, 0.717) is 19.6 Å². The van der Waals surface area contributed by atoms with E-state index in [1.165, 1.54) is 128 Å². The van der Waals surface area contributed by atoms with Crippen LogP contribution in [0.5, 0.6) is 11.5 Å². The van der Waals surface area contributed by atoms with E-state index in [0.717, 1.165) is 55.7 Å². The van der Waals surface area contributed by atoms with Crippen molar-refractivity contribution in [2.75, 3.05) is 33.9 Å². The predicted molar refractivity (Wildman–Crippen MR) is 234 cm³/mol. The van der Waals surface area contributed by atoms with Crippen LogP contribution in [0.2, 0.25) is 0 Å². The SMILES string of the molecule is CCCCCC=CCC=CCCCCCCCCOc1ccc(OCCCCCCCCC=CCC=CCCCCC)c(COC(=O)CCCN(C)C)c1. The lowest BCUT2D eigenvalue weighted by Gasteiger charge is -2.15. The molecule has 1 aromatic carbocycles. The van der Waals surface area contributed by atoms with Crippen molar-refractivity contribution < 1.29 is 19.0 Å². The molecule has 0 amide bonds. The van der Waals surface area contributed by atoms with Gasteiger partial charge in [-0.1, -0.05) is 140 Å². The van der Waals surface area contributed by atoms with Crippen LogP contribution in [0.4, 0.5) is 0 Å². The van der Waals surface area contributed by atoms with Gasteiger partial charge in [0.2, 0.25) is 0 Å². The molecule has 0 unspecified atom stereocenters. The average molecular weight is 750 g/mol. The number of esters is 1. The zero-order valence-electron chi connectivity index (χ0n) is 35.6. The Hall–Kier alpha value is -2.79. The van der Waals surface area contributed by atoms with Crippen LogP contribution in [0.1, 0.15) is 186 Å². The monoisotopic (exact) mass is 750 g/mol. The first-order valence-corrected chi connectivity index (χ1v) is 22.4.